The highest BCUT2D eigenvalue weighted by atomic mass is 79.9. The fourth-order valence-corrected chi connectivity index (χ4v) is 3.02. The van der Waals surface area contributed by atoms with Crippen molar-refractivity contribution in [3.8, 4) is 0 Å². The van der Waals surface area contributed by atoms with Crippen LogP contribution in [0.5, 0.6) is 0 Å². The van der Waals surface area contributed by atoms with Crippen molar-refractivity contribution < 1.29 is 0 Å². The largest absolute Gasteiger partial charge is 0.258 e. The molecule has 0 bridgehead atoms. The van der Waals surface area contributed by atoms with E-state index in [-0.39, 0.29) is 6.04 Å². The Morgan fingerprint density at radius 3 is 2.65 bits per heavy atom. The topological polar surface area (TPSA) is 78.7 Å². The van der Waals surface area contributed by atoms with E-state index in [0.717, 1.165) is 32.5 Å². The summed E-state index contributed by atoms with van der Waals surface area (Å²) in [6.07, 6.45) is 3.43. The van der Waals surface area contributed by atoms with Crippen molar-refractivity contribution in [2.45, 2.75) is 26.8 Å². The number of aryl methyl sites for hydroxylation is 2. The highest BCUT2D eigenvalue weighted by Crippen LogP contribution is 2.25. The first-order chi connectivity index (χ1) is 11.0. The molecule has 118 valence electrons. The van der Waals surface area contributed by atoms with Gasteiger partial charge in [-0.1, -0.05) is 0 Å². The summed E-state index contributed by atoms with van der Waals surface area (Å²) in [6, 6.07) is -0.0772. The normalized spacial score (nSPS) is 13.3. The van der Waals surface area contributed by atoms with Crippen molar-refractivity contribution >= 4 is 32.6 Å². The summed E-state index contributed by atoms with van der Waals surface area (Å²) in [5, 5.41) is 14.3. The molecule has 0 aliphatic heterocycles. The maximum atomic E-state index is 4.69. The van der Waals surface area contributed by atoms with E-state index in [1.54, 1.807) is 21.7 Å². The van der Waals surface area contributed by atoms with Crippen LogP contribution in [0.2, 0.25) is 0 Å². The lowest BCUT2D eigenvalue weighted by molar-refractivity contribution is 0.520. The zero-order valence-electron chi connectivity index (χ0n) is 13.2. The molecular weight excluding hydrogens is 360 g/mol. The van der Waals surface area contributed by atoms with Gasteiger partial charge in [-0.3, -0.25) is 9.36 Å². The fraction of sp³-hybridized carbons (Fsp3) is 0.357. The molecule has 0 aliphatic rings. The second kappa shape index (κ2) is 4.85. The third kappa shape index (κ3) is 1.99. The molecule has 0 radical (unpaired) electrons. The molecule has 9 heteroatoms. The second-order valence-corrected chi connectivity index (χ2v) is 6.39. The van der Waals surface area contributed by atoms with Crippen LogP contribution in [0, 0.1) is 13.8 Å². The summed E-state index contributed by atoms with van der Waals surface area (Å²) in [5.41, 5.74) is 3.55. The molecule has 0 fully saturated rings. The number of rotatable bonds is 2. The molecule has 1 atom stereocenters. The summed E-state index contributed by atoms with van der Waals surface area (Å²) in [4.78, 5) is 9.07. The predicted molar refractivity (Wildman–Crippen MR) is 88.3 cm³/mol. The zero-order chi connectivity index (χ0) is 16.3. The average Bonchev–Trinajstić information content (AvgIpc) is 3.19. The third-order valence-electron chi connectivity index (χ3n) is 4.06. The highest BCUT2D eigenvalue weighted by Gasteiger charge is 2.20. The van der Waals surface area contributed by atoms with E-state index < -0.39 is 0 Å². The molecule has 0 saturated heterocycles. The van der Waals surface area contributed by atoms with Crippen LogP contribution in [-0.4, -0.2) is 39.1 Å². The molecule has 0 saturated carbocycles. The SMILES string of the molecule is Cc1nn([C@H](C)c2nc3c4cnn(C)c4ncn3n2)c(C)c1Br. The minimum Gasteiger partial charge on any atom is -0.258 e. The molecule has 0 N–H and O–H groups in total. The minimum atomic E-state index is -0.0772. The van der Waals surface area contributed by atoms with Crippen molar-refractivity contribution in [1.82, 2.24) is 39.1 Å². The Balaban J connectivity index is 1.88. The lowest BCUT2D eigenvalue weighted by Gasteiger charge is -2.10. The van der Waals surface area contributed by atoms with Gasteiger partial charge in [0.2, 0.25) is 0 Å². The Labute approximate surface area is 140 Å². The number of aromatic nitrogens is 8. The van der Waals surface area contributed by atoms with E-state index in [0.29, 0.717) is 5.82 Å². The van der Waals surface area contributed by atoms with Crippen molar-refractivity contribution in [1.29, 1.82) is 0 Å². The number of nitrogens with zero attached hydrogens (tertiary/aromatic N) is 8. The van der Waals surface area contributed by atoms with Gasteiger partial charge in [0.25, 0.3) is 0 Å². The zero-order valence-corrected chi connectivity index (χ0v) is 14.8. The van der Waals surface area contributed by atoms with Crippen molar-refractivity contribution in [3.63, 3.8) is 0 Å². The van der Waals surface area contributed by atoms with Gasteiger partial charge in [0.1, 0.15) is 12.4 Å². The first-order valence-electron chi connectivity index (χ1n) is 7.21. The van der Waals surface area contributed by atoms with Crippen LogP contribution in [0.25, 0.3) is 16.7 Å². The summed E-state index contributed by atoms with van der Waals surface area (Å²) < 4.78 is 6.37. The van der Waals surface area contributed by atoms with Gasteiger partial charge < -0.3 is 0 Å². The molecular formula is C14H15BrN8. The van der Waals surface area contributed by atoms with Gasteiger partial charge in [0.05, 0.1) is 27.4 Å². The number of halogens is 1. The molecule has 0 spiro atoms. The molecule has 4 aromatic rings. The van der Waals surface area contributed by atoms with Crippen LogP contribution >= 0.6 is 15.9 Å². The number of hydrogen-bond donors (Lipinski definition) is 0. The Morgan fingerprint density at radius 1 is 1.17 bits per heavy atom. The number of hydrogen-bond acceptors (Lipinski definition) is 5. The van der Waals surface area contributed by atoms with Gasteiger partial charge in [0, 0.05) is 7.05 Å². The molecule has 8 nitrogen and oxygen atoms in total. The number of fused-ring (bicyclic) bond motifs is 3. The van der Waals surface area contributed by atoms with Gasteiger partial charge in [-0.15, -0.1) is 5.10 Å². The third-order valence-corrected chi connectivity index (χ3v) is 5.21. The van der Waals surface area contributed by atoms with Crippen LogP contribution in [-0.2, 0) is 7.05 Å². The molecule has 23 heavy (non-hydrogen) atoms. The molecule has 0 amide bonds. The van der Waals surface area contributed by atoms with Crippen LogP contribution in [0.4, 0.5) is 0 Å². The standard InChI is InChI=1S/C14H15BrN8/c1-7-11(15)8(2)23(19-7)9(3)12-18-14-10-5-17-21(4)13(10)16-6-22(14)20-12/h5-6,9H,1-4H3/t9-/m1/s1. The lowest BCUT2D eigenvalue weighted by Crippen LogP contribution is -2.12. The Kier molecular flexibility index (Phi) is 3.02. The van der Waals surface area contributed by atoms with E-state index in [1.807, 2.05) is 32.5 Å². The minimum absolute atomic E-state index is 0.0772. The second-order valence-electron chi connectivity index (χ2n) is 5.59. The highest BCUT2D eigenvalue weighted by molar-refractivity contribution is 9.10. The van der Waals surface area contributed by atoms with Gasteiger partial charge in [-0.25, -0.2) is 14.5 Å². The first-order valence-corrected chi connectivity index (χ1v) is 8.01. The molecule has 0 aromatic carbocycles. The van der Waals surface area contributed by atoms with Crippen molar-refractivity contribution in [2.75, 3.05) is 0 Å². The molecule has 0 aliphatic carbocycles. The lowest BCUT2D eigenvalue weighted by atomic mass is 10.3. The van der Waals surface area contributed by atoms with Crippen molar-refractivity contribution in [3.05, 3.63) is 34.2 Å². The van der Waals surface area contributed by atoms with Gasteiger partial charge >= 0.3 is 0 Å². The molecule has 4 aromatic heterocycles. The molecule has 0 unspecified atom stereocenters. The van der Waals surface area contributed by atoms with E-state index in [2.05, 4.69) is 36.2 Å². The monoisotopic (exact) mass is 374 g/mol. The average molecular weight is 375 g/mol. The fourth-order valence-electron chi connectivity index (χ4n) is 2.76. The molecule has 4 heterocycles. The first kappa shape index (κ1) is 14.3. The van der Waals surface area contributed by atoms with Crippen LogP contribution in [0.15, 0.2) is 17.0 Å². The van der Waals surface area contributed by atoms with Gasteiger partial charge in [-0.2, -0.15) is 10.2 Å². The Bertz CT molecular complexity index is 1040. The maximum Gasteiger partial charge on any atom is 0.176 e. The van der Waals surface area contributed by atoms with E-state index in [4.69, 9.17) is 4.98 Å². The Morgan fingerprint density at radius 2 is 1.96 bits per heavy atom. The smallest absolute Gasteiger partial charge is 0.176 e. The van der Waals surface area contributed by atoms with E-state index in [1.165, 1.54) is 0 Å². The summed E-state index contributed by atoms with van der Waals surface area (Å²) in [7, 11) is 1.86. The van der Waals surface area contributed by atoms with Gasteiger partial charge in [-0.05, 0) is 36.7 Å². The summed E-state index contributed by atoms with van der Waals surface area (Å²) in [5.74, 6) is 0.696. The predicted octanol–water partition coefficient (Wildman–Crippen LogP) is 2.20. The summed E-state index contributed by atoms with van der Waals surface area (Å²) in [6.45, 7) is 6.03. The van der Waals surface area contributed by atoms with Crippen LogP contribution < -0.4 is 0 Å². The Hall–Kier alpha value is -2.29. The quantitative estimate of drug-likeness (QED) is 0.537. The van der Waals surface area contributed by atoms with Crippen molar-refractivity contribution in [2.24, 2.45) is 7.05 Å². The molecule has 4 rings (SSSR count). The van der Waals surface area contributed by atoms with E-state index >= 15 is 0 Å². The van der Waals surface area contributed by atoms with E-state index in [9.17, 15) is 0 Å². The van der Waals surface area contributed by atoms with Gasteiger partial charge in [0.15, 0.2) is 17.1 Å². The van der Waals surface area contributed by atoms with Crippen LogP contribution in [0.1, 0.15) is 30.2 Å². The maximum absolute atomic E-state index is 4.69. The van der Waals surface area contributed by atoms with Crippen LogP contribution in [0.3, 0.4) is 0 Å². The summed E-state index contributed by atoms with van der Waals surface area (Å²) >= 11 is 3.56.